The van der Waals surface area contributed by atoms with Crippen molar-refractivity contribution in [3.8, 4) is 0 Å². The number of hydrogen-bond acceptors (Lipinski definition) is 2. The molecule has 2 nitrogen and oxygen atoms in total. The zero-order valence-electron chi connectivity index (χ0n) is 8.81. The van der Waals surface area contributed by atoms with Crippen LogP contribution in [0.15, 0.2) is 0 Å². The van der Waals surface area contributed by atoms with Crippen LogP contribution >= 0.6 is 0 Å². The maximum Gasteiger partial charge on any atom is 0.0716 e. The fourth-order valence-corrected chi connectivity index (χ4v) is 2.83. The summed E-state index contributed by atoms with van der Waals surface area (Å²) in [6.07, 6.45) is 6.09. The second-order valence-electron chi connectivity index (χ2n) is 5.10. The van der Waals surface area contributed by atoms with Gasteiger partial charge in [-0.3, -0.25) is 0 Å². The summed E-state index contributed by atoms with van der Waals surface area (Å²) in [6, 6.07) is 0. The van der Waals surface area contributed by atoms with E-state index in [1.807, 2.05) is 0 Å². The molecule has 2 N–H and O–H groups in total. The molecule has 13 heavy (non-hydrogen) atoms. The standard InChI is InChI=1S/C11H21NO/c1-9-3-4-11(9)6-5-10(2,13-11)7-8-12/h9H,3-8,12H2,1-2H3. The van der Waals surface area contributed by atoms with Crippen molar-refractivity contribution in [3.63, 3.8) is 0 Å². The van der Waals surface area contributed by atoms with Gasteiger partial charge in [0.15, 0.2) is 0 Å². The first kappa shape index (κ1) is 9.47. The van der Waals surface area contributed by atoms with Crippen LogP contribution in [-0.4, -0.2) is 17.7 Å². The Hall–Kier alpha value is -0.0800. The first-order chi connectivity index (χ1) is 6.10. The average molecular weight is 183 g/mol. The quantitative estimate of drug-likeness (QED) is 0.711. The first-order valence-electron chi connectivity index (χ1n) is 5.50. The highest BCUT2D eigenvalue weighted by Gasteiger charge is 2.53. The molecule has 2 heteroatoms. The van der Waals surface area contributed by atoms with Gasteiger partial charge in [0.05, 0.1) is 11.2 Å². The molecule has 0 bridgehead atoms. The molecule has 1 spiro atoms. The van der Waals surface area contributed by atoms with Gasteiger partial charge >= 0.3 is 0 Å². The highest BCUT2D eigenvalue weighted by atomic mass is 16.5. The van der Waals surface area contributed by atoms with Crippen LogP contribution in [0.4, 0.5) is 0 Å². The molecule has 0 aromatic heterocycles. The Bertz CT molecular complexity index is 206. The molecule has 0 aromatic rings. The number of ether oxygens (including phenoxy) is 1. The molecule has 3 atom stereocenters. The van der Waals surface area contributed by atoms with Gasteiger partial charge in [0.2, 0.25) is 0 Å². The smallest absolute Gasteiger partial charge is 0.0716 e. The fourth-order valence-electron chi connectivity index (χ4n) is 2.83. The van der Waals surface area contributed by atoms with E-state index in [-0.39, 0.29) is 11.2 Å². The van der Waals surface area contributed by atoms with E-state index in [0.717, 1.165) is 18.9 Å². The molecular weight excluding hydrogens is 162 g/mol. The van der Waals surface area contributed by atoms with E-state index >= 15 is 0 Å². The molecule has 2 fully saturated rings. The topological polar surface area (TPSA) is 35.2 Å². The normalized spacial score (nSPS) is 49.6. The lowest BCUT2D eigenvalue weighted by Gasteiger charge is -2.46. The molecule has 0 amide bonds. The highest BCUT2D eigenvalue weighted by Crippen LogP contribution is 2.53. The van der Waals surface area contributed by atoms with Gasteiger partial charge in [0.25, 0.3) is 0 Å². The third kappa shape index (κ3) is 1.40. The summed E-state index contributed by atoms with van der Waals surface area (Å²) in [5.41, 5.74) is 5.94. The third-order valence-electron chi connectivity index (χ3n) is 4.10. The van der Waals surface area contributed by atoms with Gasteiger partial charge in [-0.1, -0.05) is 6.92 Å². The average Bonchev–Trinajstić information content (AvgIpc) is 2.45. The lowest BCUT2D eigenvalue weighted by molar-refractivity contribution is -0.166. The highest BCUT2D eigenvalue weighted by molar-refractivity contribution is 5.03. The summed E-state index contributed by atoms with van der Waals surface area (Å²) in [4.78, 5) is 0. The van der Waals surface area contributed by atoms with Crippen LogP contribution in [0.2, 0.25) is 0 Å². The molecule has 0 radical (unpaired) electrons. The number of nitrogens with two attached hydrogens (primary N) is 1. The first-order valence-corrected chi connectivity index (χ1v) is 5.50. The van der Waals surface area contributed by atoms with E-state index in [9.17, 15) is 0 Å². The van der Waals surface area contributed by atoms with E-state index in [0.29, 0.717) is 0 Å². The van der Waals surface area contributed by atoms with E-state index in [2.05, 4.69) is 13.8 Å². The molecule has 1 saturated heterocycles. The molecular formula is C11H21NO. The molecule has 2 aliphatic rings. The zero-order chi connectivity index (χ0) is 9.53. The van der Waals surface area contributed by atoms with Crippen LogP contribution in [-0.2, 0) is 4.74 Å². The minimum Gasteiger partial charge on any atom is -0.369 e. The minimum atomic E-state index is 0.0867. The van der Waals surface area contributed by atoms with Crippen LogP contribution in [0.5, 0.6) is 0 Å². The summed E-state index contributed by atoms with van der Waals surface area (Å²) in [6.45, 7) is 5.29. The third-order valence-corrected chi connectivity index (χ3v) is 4.10. The van der Waals surface area contributed by atoms with Crippen LogP contribution in [0.3, 0.4) is 0 Å². The summed E-state index contributed by atoms with van der Waals surface area (Å²) >= 11 is 0. The summed E-state index contributed by atoms with van der Waals surface area (Å²) < 4.78 is 6.25. The molecule has 1 aliphatic carbocycles. The van der Waals surface area contributed by atoms with Crippen LogP contribution in [0.1, 0.15) is 46.0 Å². The Morgan fingerprint density at radius 3 is 2.54 bits per heavy atom. The van der Waals surface area contributed by atoms with Gasteiger partial charge in [0.1, 0.15) is 0 Å². The monoisotopic (exact) mass is 183 g/mol. The van der Waals surface area contributed by atoms with Gasteiger partial charge < -0.3 is 10.5 Å². The van der Waals surface area contributed by atoms with Crippen molar-refractivity contribution in [1.29, 1.82) is 0 Å². The maximum absolute atomic E-state index is 6.25. The van der Waals surface area contributed by atoms with Gasteiger partial charge in [-0.2, -0.15) is 0 Å². The van der Waals surface area contributed by atoms with Gasteiger partial charge in [0, 0.05) is 0 Å². The predicted octanol–water partition coefficient (Wildman–Crippen LogP) is 2.07. The predicted molar refractivity (Wildman–Crippen MR) is 53.5 cm³/mol. The van der Waals surface area contributed by atoms with Crippen molar-refractivity contribution in [2.75, 3.05) is 6.54 Å². The van der Waals surface area contributed by atoms with Crippen molar-refractivity contribution >= 4 is 0 Å². The van der Waals surface area contributed by atoms with E-state index in [4.69, 9.17) is 10.5 Å². The van der Waals surface area contributed by atoms with Crippen LogP contribution in [0.25, 0.3) is 0 Å². The lowest BCUT2D eigenvalue weighted by Crippen LogP contribution is -2.47. The van der Waals surface area contributed by atoms with Crippen LogP contribution in [0, 0.1) is 5.92 Å². The number of hydrogen-bond donors (Lipinski definition) is 1. The lowest BCUT2D eigenvalue weighted by atomic mass is 9.69. The molecule has 1 heterocycles. The summed E-state index contributed by atoms with van der Waals surface area (Å²) in [5, 5.41) is 0. The minimum absolute atomic E-state index is 0.0867. The van der Waals surface area contributed by atoms with Crippen molar-refractivity contribution in [2.24, 2.45) is 11.7 Å². The second kappa shape index (κ2) is 2.96. The molecule has 3 unspecified atom stereocenters. The molecule has 2 rings (SSSR count). The summed E-state index contributed by atoms with van der Waals surface area (Å²) in [7, 11) is 0. The van der Waals surface area contributed by atoms with Crippen molar-refractivity contribution in [3.05, 3.63) is 0 Å². The Morgan fingerprint density at radius 1 is 1.38 bits per heavy atom. The second-order valence-corrected chi connectivity index (χ2v) is 5.10. The van der Waals surface area contributed by atoms with Crippen molar-refractivity contribution < 1.29 is 4.74 Å². The van der Waals surface area contributed by atoms with Gasteiger partial charge in [-0.25, -0.2) is 0 Å². The summed E-state index contributed by atoms with van der Waals surface area (Å²) in [5.74, 6) is 0.770. The van der Waals surface area contributed by atoms with E-state index in [1.165, 1.54) is 25.7 Å². The molecule has 0 aromatic carbocycles. The van der Waals surface area contributed by atoms with Gasteiger partial charge in [-0.15, -0.1) is 0 Å². The Morgan fingerprint density at radius 2 is 2.15 bits per heavy atom. The largest absolute Gasteiger partial charge is 0.369 e. The Kier molecular flexibility index (Phi) is 2.16. The zero-order valence-corrected chi connectivity index (χ0v) is 8.81. The SMILES string of the molecule is CC1CCC12CCC(C)(CCN)O2. The van der Waals surface area contributed by atoms with E-state index < -0.39 is 0 Å². The molecule has 1 aliphatic heterocycles. The van der Waals surface area contributed by atoms with Crippen molar-refractivity contribution in [2.45, 2.75) is 57.2 Å². The molecule has 1 saturated carbocycles. The molecule has 76 valence electrons. The van der Waals surface area contributed by atoms with E-state index in [1.54, 1.807) is 0 Å². The van der Waals surface area contributed by atoms with Gasteiger partial charge in [-0.05, 0) is 51.5 Å². The number of rotatable bonds is 2. The van der Waals surface area contributed by atoms with Crippen molar-refractivity contribution in [1.82, 2.24) is 0 Å². The Labute approximate surface area is 80.8 Å². The fraction of sp³-hybridized carbons (Fsp3) is 1.00. The van der Waals surface area contributed by atoms with Crippen LogP contribution < -0.4 is 5.73 Å². The Balaban J connectivity index is 2.00. The maximum atomic E-state index is 6.25.